The van der Waals surface area contributed by atoms with Gasteiger partial charge in [-0.05, 0) is 31.5 Å². The molecule has 1 heterocycles. The Morgan fingerprint density at radius 2 is 1.86 bits per heavy atom. The minimum absolute atomic E-state index is 0.0216. The van der Waals surface area contributed by atoms with Crippen molar-refractivity contribution >= 4 is 52.4 Å². The summed E-state index contributed by atoms with van der Waals surface area (Å²) in [5.41, 5.74) is 0.279. The first kappa shape index (κ1) is 17.3. The van der Waals surface area contributed by atoms with Gasteiger partial charge in [-0.3, -0.25) is 14.5 Å². The Hall–Kier alpha value is -1.01. The lowest BCUT2D eigenvalue weighted by Gasteiger charge is -2.32. The third-order valence-electron chi connectivity index (χ3n) is 3.52. The van der Waals surface area contributed by atoms with Crippen LogP contribution in [0.25, 0.3) is 0 Å². The molecule has 1 atom stereocenters. The van der Waals surface area contributed by atoms with E-state index in [1.807, 2.05) is 0 Å². The molecule has 1 saturated heterocycles. The van der Waals surface area contributed by atoms with Gasteiger partial charge < -0.3 is 10.4 Å². The summed E-state index contributed by atoms with van der Waals surface area (Å²) in [6.45, 7) is 0.554. The number of benzene rings is 1. The Morgan fingerprint density at radius 3 is 2.45 bits per heavy atom. The average Bonchev–Trinajstić information content (AvgIpc) is 2.43. The zero-order valence-electron chi connectivity index (χ0n) is 11.6. The van der Waals surface area contributed by atoms with E-state index in [1.165, 1.54) is 12.1 Å². The number of piperidine rings is 1. The van der Waals surface area contributed by atoms with Crippen LogP contribution in [0.15, 0.2) is 12.1 Å². The van der Waals surface area contributed by atoms with E-state index in [0.29, 0.717) is 18.0 Å². The Kier molecular flexibility index (Phi) is 5.92. The maximum atomic E-state index is 12.1. The van der Waals surface area contributed by atoms with Crippen molar-refractivity contribution in [3.8, 4) is 0 Å². The van der Waals surface area contributed by atoms with Gasteiger partial charge in [0.15, 0.2) is 0 Å². The predicted octanol–water partition coefficient (Wildman–Crippen LogP) is 3.52. The number of carboxylic acids is 1. The SMILES string of the molecule is O=C(CN1CCCCC1C(=O)O)Nc1c(Cl)cc(Cl)cc1Cl. The van der Waals surface area contributed by atoms with E-state index in [-0.39, 0.29) is 28.2 Å². The first-order valence-corrected chi connectivity index (χ1v) is 7.93. The summed E-state index contributed by atoms with van der Waals surface area (Å²) in [4.78, 5) is 25.0. The molecule has 120 valence electrons. The van der Waals surface area contributed by atoms with Gasteiger partial charge in [-0.15, -0.1) is 0 Å². The largest absolute Gasteiger partial charge is 0.480 e. The number of anilines is 1. The molecule has 8 heteroatoms. The van der Waals surface area contributed by atoms with Gasteiger partial charge >= 0.3 is 5.97 Å². The fourth-order valence-electron chi connectivity index (χ4n) is 2.48. The van der Waals surface area contributed by atoms with Crippen molar-refractivity contribution in [3.05, 3.63) is 27.2 Å². The predicted molar refractivity (Wildman–Crippen MR) is 86.9 cm³/mol. The van der Waals surface area contributed by atoms with Crippen LogP contribution in [0.3, 0.4) is 0 Å². The standard InChI is InChI=1S/C14H15Cl3N2O3/c15-8-5-9(16)13(10(17)6-8)18-12(20)7-19-4-2-1-3-11(19)14(21)22/h5-6,11H,1-4,7H2,(H,18,20)(H,21,22). The molecule has 0 saturated carbocycles. The molecule has 2 N–H and O–H groups in total. The minimum atomic E-state index is -0.907. The lowest BCUT2D eigenvalue weighted by atomic mass is 10.0. The molecule has 1 aromatic carbocycles. The van der Waals surface area contributed by atoms with Gasteiger partial charge in [-0.2, -0.15) is 0 Å². The first-order valence-electron chi connectivity index (χ1n) is 6.79. The van der Waals surface area contributed by atoms with E-state index >= 15 is 0 Å². The van der Waals surface area contributed by atoms with Crippen molar-refractivity contribution in [3.63, 3.8) is 0 Å². The molecule has 1 aliphatic heterocycles. The number of nitrogens with zero attached hydrogens (tertiary/aromatic N) is 1. The van der Waals surface area contributed by atoms with Crippen molar-refractivity contribution in [2.45, 2.75) is 25.3 Å². The maximum Gasteiger partial charge on any atom is 0.320 e. The second kappa shape index (κ2) is 7.51. The van der Waals surface area contributed by atoms with Gasteiger partial charge in [0.05, 0.1) is 22.3 Å². The van der Waals surface area contributed by atoms with Crippen LogP contribution < -0.4 is 5.32 Å². The number of rotatable bonds is 4. The van der Waals surface area contributed by atoms with Gasteiger partial charge in [0, 0.05) is 5.02 Å². The summed E-state index contributed by atoms with van der Waals surface area (Å²) < 4.78 is 0. The van der Waals surface area contributed by atoms with Crippen LogP contribution in [0.4, 0.5) is 5.69 Å². The molecular formula is C14H15Cl3N2O3. The lowest BCUT2D eigenvalue weighted by molar-refractivity contribution is -0.145. The van der Waals surface area contributed by atoms with Crippen molar-refractivity contribution in [1.29, 1.82) is 0 Å². The summed E-state index contributed by atoms with van der Waals surface area (Å²) >= 11 is 17.8. The van der Waals surface area contributed by atoms with Gasteiger partial charge in [0.1, 0.15) is 6.04 Å². The molecule has 1 aliphatic rings. The van der Waals surface area contributed by atoms with Crippen molar-refractivity contribution in [2.24, 2.45) is 0 Å². The van der Waals surface area contributed by atoms with E-state index in [2.05, 4.69) is 5.32 Å². The number of amides is 1. The van der Waals surface area contributed by atoms with Gasteiger partial charge in [-0.1, -0.05) is 41.2 Å². The lowest BCUT2D eigenvalue weighted by Crippen LogP contribution is -2.47. The van der Waals surface area contributed by atoms with Crippen LogP contribution in [-0.4, -0.2) is 41.0 Å². The van der Waals surface area contributed by atoms with Crippen molar-refractivity contribution in [2.75, 3.05) is 18.4 Å². The summed E-state index contributed by atoms with van der Waals surface area (Å²) in [5, 5.41) is 12.7. The van der Waals surface area contributed by atoms with Crippen molar-refractivity contribution in [1.82, 2.24) is 4.90 Å². The number of carbonyl (C=O) groups is 2. The molecular weight excluding hydrogens is 351 g/mol. The van der Waals surface area contributed by atoms with Crippen LogP contribution in [0.5, 0.6) is 0 Å². The van der Waals surface area contributed by atoms with Crippen LogP contribution in [0, 0.1) is 0 Å². The number of likely N-dealkylation sites (tertiary alicyclic amines) is 1. The zero-order valence-corrected chi connectivity index (χ0v) is 13.9. The number of hydrogen-bond donors (Lipinski definition) is 2. The maximum absolute atomic E-state index is 12.1. The third-order valence-corrected chi connectivity index (χ3v) is 4.33. The highest BCUT2D eigenvalue weighted by Crippen LogP contribution is 2.33. The van der Waals surface area contributed by atoms with Crippen molar-refractivity contribution < 1.29 is 14.7 Å². The van der Waals surface area contributed by atoms with E-state index in [4.69, 9.17) is 34.8 Å². The second-order valence-electron chi connectivity index (χ2n) is 5.11. The molecule has 0 aliphatic carbocycles. The fourth-order valence-corrected chi connectivity index (χ4v) is 3.40. The summed E-state index contributed by atoms with van der Waals surface area (Å²) in [7, 11) is 0. The number of carboxylic acid groups (broad SMARTS) is 1. The average molecular weight is 366 g/mol. The number of nitrogens with one attached hydrogen (secondary N) is 1. The van der Waals surface area contributed by atoms with Gasteiger partial charge in [0.2, 0.25) is 5.91 Å². The molecule has 5 nitrogen and oxygen atoms in total. The highest BCUT2D eigenvalue weighted by molar-refractivity contribution is 6.42. The monoisotopic (exact) mass is 364 g/mol. The molecule has 1 fully saturated rings. The summed E-state index contributed by atoms with van der Waals surface area (Å²) in [6.07, 6.45) is 2.27. The number of carbonyl (C=O) groups excluding carboxylic acids is 1. The van der Waals surface area contributed by atoms with Crippen LogP contribution in [0.2, 0.25) is 15.1 Å². The highest BCUT2D eigenvalue weighted by Gasteiger charge is 2.29. The second-order valence-corrected chi connectivity index (χ2v) is 6.36. The Balaban J connectivity index is 2.05. The van der Waals surface area contributed by atoms with E-state index < -0.39 is 12.0 Å². The first-order chi connectivity index (χ1) is 10.4. The van der Waals surface area contributed by atoms with Gasteiger partial charge in [0.25, 0.3) is 0 Å². The Morgan fingerprint density at radius 1 is 1.23 bits per heavy atom. The zero-order chi connectivity index (χ0) is 16.3. The number of hydrogen-bond acceptors (Lipinski definition) is 3. The fraction of sp³-hybridized carbons (Fsp3) is 0.429. The van der Waals surface area contributed by atoms with Crippen LogP contribution in [-0.2, 0) is 9.59 Å². The Bertz CT molecular complexity index is 572. The molecule has 1 amide bonds. The van der Waals surface area contributed by atoms with Crippen LogP contribution in [0.1, 0.15) is 19.3 Å². The Labute approximate surface area is 143 Å². The number of aliphatic carboxylic acids is 1. The van der Waals surface area contributed by atoms with E-state index in [0.717, 1.165) is 12.8 Å². The van der Waals surface area contributed by atoms with E-state index in [1.54, 1.807) is 4.90 Å². The molecule has 22 heavy (non-hydrogen) atoms. The molecule has 0 spiro atoms. The molecule has 2 rings (SSSR count). The van der Waals surface area contributed by atoms with Gasteiger partial charge in [-0.25, -0.2) is 0 Å². The normalized spacial score (nSPS) is 19.0. The smallest absolute Gasteiger partial charge is 0.320 e. The molecule has 1 unspecified atom stereocenters. The molecule has 0 bridgehead atoms. The van der Waals surface area contributed by atoms with Crippen LogP contribution >= 0.6 is 34.8 Å². The molecule has 1 aromatic rings. The molecule has 0 radical (unpaired) electrons. The summed E-state index contributed by atoms with van der Waals surface area (Å²) in [5.74, 6) is -1.27. The number of halogens is 3. The quantitative estimate of drug-likeness (QED) is 0.856. The highest BCUT2D eigenvalue weighted by atomic mass is 35.5. The minimum Gasteiger partial charge on any atom is -0.480 e. The van der Waals surface area contributed by atoms with E-state index in [9.17, 15) is 14.7 Å². The topological polar surface area (TPSA) is 69.6 Å². The third kappa shape index (κ3) is 4.26. The summed E-state index contributed by atoms with van der Waals surface area (Å²) in [6, 6.07) is 2.33. The molecule has 0 aromatic heterocycles.